The van der Waals surface area contributed by atoms with Crippen molar-refractivity contribution in [2.45, 2.75) is 26.7 Å². The molecule has 0 spiro atoms. The molecule has 0 aliphatic heterocycles. The maximum atomic E-state index is 11.7. The van der Waals surface area contributed by atoms with Crippen LogP contribution in [0, 0.1) is 0 Å². The van der Waals surface area contributed by atoms with E-state index in [1.54, 1.807) is 12.1 Å². The van der Waals surface area contributed by atoms with Crippen LogP contribution in [0.1, 0.15) is 50.1 Å². The second-order valence-electron chi connectivity index (χ2n) is 4.78. The summed E-state index contributed by atoms with van der Waals surface area (Å²) >= 11 is 1.23. The van der Waals surface area contributed by atoms with Gasteiger partial charge in [-0.05, 0) is 31.0 Å². The van der Waals surface area contributed by atoms with Crippen molar-refractivity contribution in [1.29, 1.82) is 0 Å². The van der Waals surface area contributed by atoms with Crippen LogP contribution in [0.25, 0.3) is 0 Å². The van der Waals surface area contributed by atoms with Crippen molar-refractivity contribution >= 4 is 23.2 Å². The van der Waals surface area contributed by atoms with Gasteiger partial charge in [0.1, 0.15) is 4.88 Å². The molecule has 2 rings (SSSR count). The van der Waals surface area contributed by atoms with Gasteiger partial charge in [-0.1, -0.05) is 19.1 Å². The molecule has 1 aromatic heterocycles. The average Bonchev–Trinajstić information content (AvgIpc) is 2.91. The van der Waals surface area contributed by atoms with E-state index in [0.29, 0.717) is 29.1 Å². The summed E-state index contributed by atoms with van der Waals surface area (Å²) in [5.74, 6) is -1.05. The van der Waals surface area contributed by atoms with Crippen LogP contribution in [-0.4, -0.2) is 28.5 Å². The van der Waals surface area contributed by atoms with E-state index >= 15 is 0 Å². The molecule has 0 aliphatic rings. The van der Waals surface area contributed by atoms with E-state index in [1.165, 1.54) is 11.3 Å². The van der Waals surface area contributed by atoms with E-state index in [4.69, 9.17) is 0 Å². The van der Waals surface area contributed by atoms with Crippen LogP contribution in [0.5, 0.6) is 0 Å². The van der Waals surface area contributed by atoms with Crippen molar-refractivity contribution in [2.24, 2.45) is 0 Å². The number of carbonyl (C=O) groups excluding carboxylic acids is 1. The lowest BCUT2D eigenvalue weighted by molar-refractivity contribution is 0.0700. The summed E-state index contributed by atoms with van der Waals surface area (Å²) in [5, 5.41) is 12.8. The Morgan fingerprint density at radius 2 is 1.91 bits per heavy atom. The van der Waals surface area contributed by atoms with Crippen LogP contribution >= 0.6 is 11.3 Å². The maximum absolute atomic E-state index is 11.7. The highest BCUT2D eigenvalue weighted by Crippen LogP contribution is 2.22. The van der Waals surface area contributed by atoms with E-state index in [1.807, 2.05) is 26.0 Å². The Morgan fingerprint density at radius 1 is 1.23 bits per heavy atom. The Morgan fingerprint density at radius 3 is 2.45 bits per heavy atom. The van der Waals surface area contributed by atoms with Crippen molar-refractivity contribution in [1.82, 2.24) is 10.3 Å². The fourth-order valence-electron chi connectivity index (χ4n) is 2.07. The summed E-state index contributed by atoms with van der Waals surface area (Å²) in [6, 6.07) is 7.16. The highest BCUT2D eigenvalue weighted by atomic mass is 32.1. The highest BCUT2D eigenvalue weighted by molar-refractivity contribution is 7.13. The number of carboxylic acid groups (broad SMARTS) is 1. The molecule has 0 atom stereocenters. The predicted octanol–water partition coefficient (Wildman–Crippen LogP) is 2.74. The Labute approximate surface area is 133 Å². The number of thiazole rings is 1. The second kappa shape index (κ2) is 7.17. The van der Waals surface area contributed by atoms with Crippen molar-refractivity contribution in [2.75, 3.05) is 6.54 Å². The largest absolute Gasteiger partial charge is 0.477 e. The van der Waals surface area contributed by atoms with Gasteiger partial charge in [-0.3, -0.25) is 4.79 Å². The first kappa shape index (κ1) is 16.2. The molecule has 1 heterocycles. The molecule has 0 fully saturated rings. The third kappa shape index (κ3) is 3.71. The van der Waals surface area contributed by atoms with E-state index in [2.05, 4.69) is 10.3 Å². The van der Waals surface area contributed by atoms with Crippen LogP contribution in [0.15, 0.2) is 24.3 Å². The molecule has 0 unspecified atom stereocenters. The molecule has 6 heteroatoms. The van der Waals surface area contributed by atoms with Gasteiger partial charge in [-0.15, -0.1) is 11.3 Å². The van der Waals surface area contributed by atoms with Gasteiger partial charge in [-0.2, -0.15) is 0 Å². The number of hydrogen-bond acceptors (Lipinski definition) is 4. The summed E-state index contributed by atoms with van der Waals surface area (Å²) in [6.07, 6.45) is 1.18. The van der Waals surface area contributed by atoms with Gasteiger partial charge in [0.2, 0.25) is 0 Å². The SMILES string of the molecule is CCNC(=O)c1ccc(Cc2nc(CC)sc2C(=O)O)cc1. The van der Waals surface area contributed by atoms with Gasteiger partial charge >= 0.3 is 5.97 Å². The molecular weight excluding hydrogens is 300 g/mol. The normalized spacial score (nSPS) is 10.5. The summed E-state index contributed by atoms with van der Waals surface area (Å²) in [6.45, 7) is 4.41. The van der Waals surface area contributed by atoms with Crippen LogP contribution in [0.4, 0.5) is 0 Å². The number of carbonyl (C=O) groups is 2. The molecule has 116 valence electrons. The zero-order valence-corrected chi connectivity index (χ0v) is 13.4. The number of carboxylic acids is 1. The lowest BCUT2D eigenvalue weighted by Crippen LogP contribution is -2.22. The predicted molar refractivity (Wildman–Crippen MR) is 85.7 cm³/mol. The number of aryl methyl sites for hydroxylation is 1. The minimum atomic E-state index is -0.939. The lowest BCUT2D eigenvalue weighted by atomic mass is 10.1. The smallest absolute Gasteiger partial charge is 0.347 e. The standard InChI is InChI=1S/C16H18N2O3S/c1-3-13-18-12(14(22-13)16(20)21)9-10-5-7-11(8-6-10)15(19)17-4-2/h5-8H,3-4,9H2,1-2H3,(H,17,19)(H,20,21). The van der Waals surface area contributed by atoms with Gasteiger partial charge in [0.15, 0.2) is 0 Å². The minimum Gasteiger partial charge on any atom is -0.477 e. The number of rotatable bonds is 6. The first-order valence-corrected chi connectivity index (χ1v) is 7.95. The number of nitrogens with zero attached hydrogens (tertiary/aromatic N) is 1. The molecular formula is C16H18N2O3S. The zero-order valence-electron chi connectivity index (χ0n) is 12.5. The van der Waals surface area contributed by atoms with Gasteiger partial charge in [0, 0.05) is 18.5 Å². The van der Waals surface area contributed by atoms with Crippen molar-refractivity contribution in [3.63, 3.8) is 0 Å². The quantitative estimate of drug-likeness (QED) is 0.858. The van der Waals surface area contributed by atoms with Crippen LogP contribution in [0.3, 0.4) is 0 Å². The zero-order chi connectivity index (χ0) is 16.1. The number of benzene rings is 1. The Bertz CT molecular complexity index is 677. The van der Waals surface area contributed by atoms with Crippen LogP contribution in [-0.2, 0) is 12.8 Å². The molecule has 5 nitrogen and oxygen atoms in total. The summed E-state index contributed by atoms with van der Waals surface area (Å²) in [7, 11) is 0. The van der Waals surface area contributed by atoms with Gasteiger partial charge in [0.25, 0.3) is 5.91 Å². The summed E-state index contributed by atoms with van der Waals surface area (Å²) in [4.78, 5) is 27.7. The van der Waals surface area contributed by atoms with Crippen LogP contribution < -0.4 is 5.32 Å². The van der Waals surface area contributed by atoms with Crippen molar-refractivity contribution < 1.29 is 14.7 Å². The van der Waals surface area contributed by atoms with Crippen molar-refractivity contribution in [3.8, 4) is 0 Å². The highest BCUT2D eigenvalue weighted by Gasteiger charge is 2.17. The van der Waals surface area contributed by atoms with E-state index in [0.717, 1.165) is 17.0 Å². The molecule has 0 bridgehead atoms. The summed E-state index contributed by atoms with van der Waals surface area (Å²) in [5.41, 5.74) is 2.11. The average molecular weight is 318 g/mol. The number of nitrogens with one attached hydrogen (secondary N) is 1. The second-order valence-corrected chi connectivity index (χ2v) is 5.86. The fourth-order valence-corrected chi connectivity index (χ4v) is 2.93. The van der Waals surface area contributed by atoms with Gasteiger partial charge in [0.05, 0.1) is 10.7 Å². The number of aromatic nitrogens is 1. The van der Waals surface area contributed by atoms with Gasteiger partial charge < -0.3 is 10.4 Å². The first-order valence-electron chi connectivity index (χ1n) is 7.14. The molecule has 22 heavy (non-hydrogen) atoms. The number of hydrogen-bond donors (Lipinski definition) is 2. The first-order chi connectivity index (χ1) is 10.5. The van der Waals surface area contributed by atoms with E-state index in [-0.39, 0.29) is 5.91 Å². The topological polar surface area (TPSA) is 79.3 Å². The Balaban J connectivity index is 2.19. The Kier molecular flexibility index (Phi) is 5.27. The minimum absolute atomic E-state index is 0.109. The third-order valence-corrected chi connectivity index (χ3v) is 4.39. The monoisotopic (exact) mass is 318 g/mol. The van der Waals surface area contributed by atoms with E-state index < -0.39 is 5.97 Å². The fraction of sp³-hybridized carbons (Fsp3) is 0.312. The molecule has 2 aromatic rings. The Hall–Kier alpha value is -2.21. The molecule has 0 radical (unpaired) electrons. The summed E-state index contributed by atoms with van der Waals surface area (Å²) < 4.78 is 0. The molecule has 0 saturated carbocycles. The lowest BCUT2D eigenvalue weighted by Gasteiger charge is -2.04. The van der Waals surface area contributed by atoms with Gasteiger partial charge in [-0.25, -0.2) is 9.78 Å². The molecule has 0 saturated heterocycles. The van der Waals surface area contributed by atoms with Crippen molar-refractivity contribution in [3.05, 3.63) is 51.0 Å². The number of amides is 1. The maximum Gasteiger partial charge on any atom is 0.347 e. The van der Waals surface area contributed by atoms with Crippen LogP contribution in [0.2, 0.25) is 0 Å². The molecule has 1 aromatic carbocycles. The molecule has 0 aliphatic carbocycles. The molecule has 1 amide bonds. The van der Waals surface area contributed by atoms with E-state index in [9.17, 15) is 14.7 Å². The molecule has 2 N–H and O–H groups in total. The third-order valence-electron chi connectivity index (χ3n) is 3.16. The number of aromatic carboxylic acids is 1.